The Morgan fingerprint density at radius 3 is 2.08 bits per heavy atom. The summed E-state index contributed by atoms with van der Waals surface area (Å²) >= 11 is 5.86. The highest BCUT2D eigenvalue weighted by atomic mass is 35.5. The average Bonchev–Trinajstić information content (AvgIpc) is 2.67. The zero-order chi connectivity index (χ0) is 17.5. The lowest BCUT2D eigenvalue weighted by Gasteiger charge is -2.19. The van der Waals surface area contributed by atoms with Crippen molar-refractivity contribution in [1.82, 2.24) is 0 Å². The smallest absolute Gasteiger partial charge is 0.338 e. The Kier molecular flexibility index (Phi) is 5.70. The highest BCUT2D eigenvalue weighted by molar-refractivity contribution is 6.30. The third-order valence-electron chi connectivity index (χ3n) is 3.65. The van der Waals surface area contributed by atoms with E-state index in [4.69, 9.17) is 21.1 Å². The number of hydrogen-bond acceptors (Lipinski definition) is 3. The molecule has 0 aromatic heterocycles. The van der Waals surface area contributed by atoms with Crippen LogP contribution in [0.5, 0.6) is 5.75 Å². The van der Waals surface area contributed by atoms with Gasteiger partial charge in [-0.3, -0.25) is 0 Å². The lowest BCUT2D eigenvalue weighted by atomic mass is 10.1. The molecule has 0 saturated heterocycles. The molecular weight excluding hydrogens is 336 g/mol. The van der Waals surface area contributed by atoms with Crippen molar-refractivity contribution in [2.24, 2.45) is 0 Å². The molecule has 3 aromatic carbocycles. The standard InChI is InChI=1S/C21H17ClO3/c22-18-13-11-17(12-14-18)21(23)25-20(16-7-3-1-4-8-16)15-24-19-9-5-2-6-10-19/h1-14,20H,15H2. The van der Waals surface area contributed by atoms with E-state index in [9.17, 15) is 4.79 Å². The van der Waals surface area contributed by atoms with Crippen molar-refractivity contribution in [2.45, 2.75) is 6.10 Å². The SMILES string of the molecule is O=C(OC(COc1ccccc1)c1ccccc1)c1ccc(Cl)cc1. The normalized spacial score (nSPS) is 11.6. The van der Waals surface area contributed by atoms with Gasteiger partial charge in [0.05, 0.1) is 5.56 Å². The van der Waals surface area contributed by atoms with E-state index in [1.807, 2.05) is 60.7 Å². The quantitative estimate of drug-likeness (QED) is 0.563. The van der Waals surface area contributed by atoms with E-state index in [0.717, 1.165) is 11.3 Å². The first-order chi connectivity index (χ1) is 12.2. The molecular formula is C21H17ClO3. The van der Waals surface area contributed by atoms with Gasteiger partial charge in [-0.15, -0.1) is 0 Å². The molecule has 3 nitrogen and oxygen atoms in total. The fourth-order valence-corrected chi connectivity index (χ4v) is 2.46. The van der Waals surface area contributed by atoms with E-state index >= 15 is 0 Å². The minimum absolute atomic E-state index is 0.230. The Morgan fingerprint density at radius 1 is 0.840 bits per heavy atom. The highest BCUT2D eigenvalue weighted by Crippen LogP contribution is 2.22. The molecule has 0 fully saturated rings. The van der Waals surface area contributed by atoms with Crippen molar-refractivity contribution >= 4 is 17.6 Å². The summed E-state index contributed by atoms with van der Waals surface area (Å²) in [6, 6.07) is 25.6. The van der Waals surface area contributed by atoms with Gasteiger partial charge in [0, 0.05) is 5.02 Å². The molecule has 0 aliphatic heterocycles. The van der Waals surface area contributed by atoms with Gasteiger partial charge >= 0.3 is 5.97 Å². The van der Waals surface area contributed by atoms with Crippen molar-refractivity contribution < 1.29 is 14.3 Å². The average molecular weight is 353 g/mol. The maximum absolute atomic E-state index is 12.4. The molecule has 126 valence electrons. The highest BCUT2D eigenvalue weighted by Gasteiger charge is 2.19. The summed E-state index contributed by atoms with van der Waals surface area (Å²) in [6.45, 7) is 0.230. The van der Waals surface area contributed by atoms with Crippen molar-refractivity contribution in [3.8, 4) is 5.75 Å². The van der Waals surface area contributed by atoms with Crippen molar-refractivity contribution in [3.63, 3.8) is 0 Å². The lowest BCUT2D eigenvalue weighted by molar-refractivity contribution is 0.0168. The van der Waals surface area contributed by atoms with Crippen LogP contribution >= 0.6 is 11.6 Å². The zero-order valence-electron chi connectivity index (χ0n) is 13.5. The van der Waals surface area contributed by atoms with Crippen LogP contribution in [-0.4, -0.2) is 12.6 Å². The van der Waals surface area contributed by atoms with Crippen LogP contribution in [0.4, 0.5) is 0 Å². The van der Waals surface area contributed by atoms with Gasteiger partial charge < -0.3 is 9.47 Å². The molecule has 0 N–H and O–H groups in total. The Bertz CT molecular complexity index is 802. The van der Waals surface area contributed by atoms with Gasteiger partial charge in [-0.25, -0.2) is 4.79 Å². The summed E-state index contributed by atoms with van der Waals surface area (Å²) in [6.07, 6.45) is -0.510. The molecule has 3 rings (SSSR count). The molecule has 0 aliphatic carbocycles. The summed E-state index contributed by atoms with van der Waals surface area (Å²) in [5.41, 5.74) is 1.32. The molecule has 4 heteroatoms. The second kappa shape index (κ2) is 8.36. The van der Waals surface area contributed by atoms with E-state index in [1.54, 1.807) is 24.3 Å². The van der Waals surface area contributed by atoms with Crippen LogP contribution in [0, 0.1) is 0 Å². The molecule has 0 heterocycles. The fourth-order valence-electron chi connectivity index (χ4n) is 2.34. The molecule has 0 saturated carbocycles. The Labute approximate surface area is 151 Å². The van der Waals surface area contributed by atoms with Gasteiger partial charge in [-0.2, -0.15) is 0 Å². The molecule has 0 bridgehead atoms. The van der Waals surface area contributed by atoms with Gasteiger partial charge in [0.25, 0.3) is 0 Å². The van der Waals surface area contributed by atoms with E-state index < -0.39 is 12.1 Å². The van der Waals surface area contributed by atoms with Gasteiger partial charge in [0.15, 0.2) is 6.10 Å². The third-order valence-corrected chi connectivity index (χ3v) is 3.90. The Morgan fingerprint density at radius 2 is 1.44 bits per heavy atom. The summed E-state index contributed by atoms with van der Waals surface area (Å²) in [5.74, 6) is 0.313. The number of carbonyl (C=O) groups is 1. The van der Waals surface area contributed by atoms with Gasteiger partial charge in [0.2, 0.25) is 0 Å². The van der Waals surface area contributed by atoms with Gasteiger partial charge in [-0.05, 0) is 42.0 Å². The van der Waals surface area contributed by atoms with E-state index in [1.165, 1.54) is 0 Å². The van der Waals surface area contributed by atoms with Crippen LogP contribution in [0.25, 0.3) is 0 Å². The van der Waals surface area contributed by atoms with Crippen LogP contribution in [0.1, 0.15) is 22.0 Å². The van der Waals surface area contributed by atoms with Crippen LogP contribution in [0.2, 0.25) is 5.02 Å². The molecule has 3 aromatic rings. The predicted molar refractivity (Wildman–Crippen MR) is 98.0 cm³/mol. The molecule has 0 spiro atoms. The molecule has 0 radical (unpaired) electrons. The number of benzene rings is 3. The first kappa shape index (κ1) is 17.1. The van der Waals surface area contributed by atoms with Crippen molar-refractivity contribution in [1.29, 1.82) is 0 Å². The minimum atomic E-state index is -0.510. The van der Waals surface area contributed by atoms with Crippen LogP contribution in [0.3, 0.4) is 0 Å². The maximum atomic E-state index is 12.4. The molecule has 0 aliphatic rings. The van der Waals surface area contributed by atoms with Gasteiger partial charge in [-0.1, -0.05) is 60.1 Å². The second-order valence-electron chi connectivity index (χ2n) is 5.44. The summed E-state index contributed by atoms with van der Waals surface area (Å²) < 4.78 is 11.5. The number of ether oxygens (including phenoxy) is 2. The first-order valence-corrected chi connectivity index (χ1v) is 8.29. The summed E-state index contributed by atoms with van der Waals surface area (Å²) in [4.78, 5) is 12.4. The minimum Gasteiger partial charge on any atom is -0.489 e. The molecule has 1 atom stereocenters. The Hall–Kier alpha value is -2.78. The fraction of sp³-hybridized carbons (Fsp3) is 0.0952. The third kappa shape index (κ3) is 4.85. The Balaban J connectivity index is 1.74. The number of rotatable bonds is 6. The monoisotopic (exact) mass is 352 g/mol. The predicted octanol–water partition coefficient (Wildman–Crippen LogP) is 5.32. The number of halogens is 1. The van der Waals surface area contributed by atoms with E-state index in [2.05, 4.69) is 0 Å². The molecule has 1 unspecified atom stereocenters. The van der Waals surface area contributed by atoms with Crippen molar-refractivity contribution in [3.05, 3.63) is 101 Å². The summed E-state index contributed by atoms with van der Waals surface area (Å²) in [7, 11) is 0. The maximum Gasteiger partial charge on any atom is 0.338 e. The van der Waals surface area contributed by atoms with E-state index in [-0.39, 0.29) is 6.61 Å². The molecule has 0 amide bonds. The number of esters is 1. The van der Waals surface area contributed by atoms with Crippen LogP contribution < -0.4 is 4.74 Å². The van der Waals surface area contributed by atoms with Gasteiger partial charge in [0.1, 0.15) is 12.4 Å². The van der Waals surface area contributed by atoms with Crippen molar-refractivity contribution in [2.75, 3.05) is 6.61 Å². The lowest BCUT2D eigenvalue weighted by Crippen LogP contribution is -2.18. The number of carbonyl (C=O) groups excluding carboxylic acids is 1. The van der Waals surface area contributed by atoms with E-state index in [0.29, 0.717) is 10.6 Å². The topological polar surface area (TPSA) is 35.5 Å². The first-order valence-electron chi connectivity index (χ1n) is 7.92. The second-order valence-corrected chi connectivity index (χ2v) is 5.87. The molecule has 25 heavy (non-hydrogen) atoms. The van der Waals surface area contributed by atoms with Crippen LogP contribution in [0.15, 0.2) is 84.9 Å². The zero-order valence-corrected chi connectivity index (χ0v) is 14.2. The number of para-hydroxylation sites is 1. The number of hydrogen-bond donors (Lipinski definition) is 0. The summed E-state index contributed by atoms with van der Waals surface area (Å²) in [5, 5.41) is 0.573. The largest absolute Gasteiger partial charge is 0.489 e. The van der Waals surface area contributed by atoms with Crippen LogP contribution in [-0.2, 0) is 4.74 Å².